The molecule has 2 N–H and O–H groups in total. The van der Waals surface area contributed by atoms with Crippen LogP contribution in [0.2, 0.25) is 0 Å². The standard InChI is InChI=1S/C20H29N5O3/c1-5-21-20(22-11-16-6-7-18-19(10-16)28-13-27-18)23-12-17-14(2)24-25(15(17)3)8-9-26-4/h6-7,10H,5,8-9,11-13H2,1-4H3,(H2,21,22,23). The van der Waals surface area contributed by atoms with Crippen molar-refractivity contribution in [2.24, 2.45) is 4.99 Å². The van der Waals surface area contributed by atoms with Crippen LogP contribution in [0.5, 0.6) is 11.5 Å². The van der Waals surface area contributed by atoms with E-state index in [2.05, 4.69) is 29.6 Å². The quantitative estimate of drug-likeness (QED) is 0.533. The second-order valence-electron chi connectivity index (χ2n) is 6.60. The van der Waals surface area contributed by atoms with Gasteiger partial charge in [-0.2, -0.15) is 5.10 Å². The van der Waals surface area contributed by atoms with E-state index in [1.165, 1.54) is 5.56 Å². The molecule has 0 aliphatic carbocycles. The van der Waals surface area contributed by atoms with Crippen LogP contribution in [0.25, 0.3) is 0 Å². The summed E-state index contributed by atoms with van der Waals surface area (Å²) in [5.74, 6) is 2.33. The minimum Gasteiger partial charge on any atom is -0.454 e. The molecule has 0 spiro atoms. The second kappa shape index (κ2) is 9.45. The summed E-state index contributed by atoms with van der Waals surface area (Å²) in [4.78, 5) is 4.69. The van der Waals surface area contributed by atoms with E-state index in [1.807, 2.05) is 29.8 Å². The lowest BCUT2D eigenvalue weighted by molar-refractivity contribution is 0.174. The number of fused-ring (bicyclic) bond motifs is 1. The van der Waals surface area contributed by atoms with Crippen molar-refractivity contribution in [3.63, 3.8) is 0 Å². The lowest BCUT2D eigenvalue weighted by atomic mass is 10.2. The first kappa shape index (κ1) is 20.0. The summed E-state index contributed by atoms with van der Waals surface area (Å²) in [6, 6.07) is 5.91. The van der Waals surface area contributed by atoms with Gasteiger partial charge in [-0.05, 0) is 38.5 Å². The molecule has 1 aromatic carbocycles. The summed E-state index contributed by atoms with van der Waals surface area (Å²) in [5.41, 5.74) is 4.42. The van der Waals surface area contributed by atoms with Crippen molar-refractivity contribution in [3.05, 3.63) is 40.7 Å². The Hall–Kier alpha value is -2.74. The Morgan fingerprint density at radius 3 is 2.86 bits per heavy atom. The molecule has 2 heterocycles. The molecule has 1 aliphatic rings. The van der Waals surface area contributed by atoms with E-state index in [-0.39, 0.29) is 6.79 Å². The average molecular weight is 387 g/mol. The molecule has 1 aliphatic heterocycles. The van der Waals surface area contributed by atoms with Crippen LogP contribution in [-0.4, -0.2) is 42.8 Å². The van der Waals surface area contributed by atoms with Gasteiger partial charge in [-0.25, -0.2) is 4.99 Å². The fourth-order valence-electron chi connectivity index (χ4n) is 3.11. The number of guanidine groups is 1. The highest BCUT2D eigenvalue weighted by atomic mass is 16.7. The van der Waals surface area contributed by atoms with Crippen LogP contribution in [0, 0.1) is 13.8 Å². The SMILES string of the molecule is CCNC(=NCc1ccc2c(c1)OCO2)NCc1c(C)nn(CCOC)c1C. The monoisotopic (exact) mass is 387 g/mol. The fourth-order valence-corrected chi connectivity index (χ4v) is 3.11. The Morgan fingerprint density at radius 1 is 1.25 bits per heavy atom. The highest BCUT2D eigenvalue weighted by molar-refractivity contribution is 5.79. The highest BCUT2D eigenvalue weighted by Crippen LogP contribution is 2.32. The number of aryl methyl sites for hydroxylation is 1. The lowest BCUT2D eigenvalue weighted by Crippen LogP contribution is -2.37. The summed E-state index contributed by atoms with van der Waals surface area (Å²) < 4.78 is 17.9. The van der Waals surface area contributed by atoms with Gasteiger partial charge in [-0.3, -0.25) is 4.68 Å². The minimum absolute atomic E-state index is 0.281. The van der Waals surface area contributed by atoms with Crippen molar-refractivity contribution < 1.29 is 14.2 Å². The molecule has 0 atom stereocenters. The van der Waals surface area contributed by atoms with Crippen LogP contribution in [0.3, 0.4) is 0 Å². The number of rotatable bonds is 8. The molecule has 0 radical (unpaired) electrons. The molecule has 0 fully saturated rings. The Morgan fingerprint density at radius 2 is 2.07 bits per heavy atom. The third-order valence-electron chi connectivity index (χ3n) is 4.67. The molecule has 1 aromatic heterocycles. The molecule has 28 heavy (non-hydrogen) atoms. The van der Waals surface area contributed by atoms with Crippen LogP contribution < -0.4 is 20.1 Å². The molecule has 0 unspecified atom stereocenters. The third kappa shape index (κ3) is 4.75. The van der Waals surface area contributed by atoms with Crippen LogP contribution in [0.4, 0.5) is 0 Å². The summed E-state index contributed by atoms with van der Waals surface area (Å²) in [6.07, 6.45) is 0. The lowest BCUT2D eigenvalue weighted by Gasteiger charge is -2.12. The number of ether oxygens (including phenoxy) is 3. The van der Waals surface area contributed by atoms with Crippen molar-refractivity contribution in [2.75, 3.05) is 27.1 Å². The van der Waals surface area contributed by atoms with Gasteiger partial charge >= 0.3 is 0 Å². The zero-order valence-electron chi connectivity index (χ0n) is 17.0. The van der Waals surface area contributed by atoms with Gasteiger partial charge in [-0.1, -0.05) is 6.07 Å². The first-order chi connectivity index (χ1) is 13.6. The van der Waals surface area contributed by atoms with Gasteiger partial charge in [0.05, 0.1) is 25.4 Å². The first-order valence-corrected chi connectivity index (χ1v) is 9.55. The molecule has 2 aromatic rings. The number of nitrogens with zero attached hydrogens (tertiary/aromatic N) is 3. The number of aromatic nitrogens is 2. The first-order valence-electron chi connectivity index (χ1n) is 9.55. The van der Waals surface area contributed by atoms with E-state index in [4.69, 9.17) is 19.2 Å². The molecule has 152 valence electrons. The predicted octanol–water partition coefficient (Wildman–Crippen LogP) is 2.13. The summed E-state index contributed by atoms with van der Waals surface area (Å²) in [5, 5.41) is 11.3. The Bertz CT molecular complexity index is 831. The molecule has 8 heteroatoms. The topological polar surface area (TPSA) is 81.9 Å². The molecule has 0 saturated carbocycles. The minimum atomic E-state index is 0.281. The van der Waals surface area contributed by atoms with Crippen molar-refractivity contribution in [1.82, 2.24) is 20.4 Å². The van der Waals surface area contributed by atoms with Crippen molar-refractivity contribution >= 4 is 5.96 Å². The number of nitrogens with one attached hydrogen (secondary N) is 2. The number of hydrogen-bond acceptors (Lipinski definition) is 5. The highest BCUT2D eigenvalue weighted by Gasteiger charge is 2.14. The average Bonchev–Trinajstić information content (AvgIpc) is 3.26. The maximum absolute atomic E-state index is 5.44. The van der Waals surface area contributed by atoms with Gasteiger partial charge in [-0.15, -0.1) is 0 Å². The zero-order chi connectivity index (χ0) is 19.9. The van der Waals surface area contributed by atoms with E-state index >= 15 is 0 Å². The summed E-state index contributed by atoms with van der Waals surface area (Å²) in [7, 11) is 1.70. The van der Waals surface area contributed by atoms with E-state index in [9.17, 15) is 0 Å². The number of hydrogen-bond donors (Lipinski definition) is 2. The van der Waals surface area contributed by atoms with Gasteiger partial charge in [0.15, 0.2) is 17.5 Å². The molecule has 8 nitrogen and oxygen atoms in total. The maximum Gasteiger partial charge on any atom is 0.231 e. The molecule has 0 bridgehead atoms. The Balaban J connectivity index is 1.64. The third-order valence-corrected chi connectivity index (χ3v) is 4.67. The Labute approximate surface area is 165 Å². The van der Waals surface area contributed by atoms with E-state index in [0.29, 0.717) is 19.7 Å². The Kier molecular flexibility index (Phi) is 6.76. The normalized spacial score (nSPS) is 13.1. The van der Waals surface area contributed by atoms with Gasteiger partial charge in [0.1, 0.15) is 0 Å². The zero-order valence-corrected chi connectivity index (χ0v) is 17.0. The smallest absolute Gasteiger partial charge is 0.231 e. The van der Waals surface area contributed by atoms with E-state index in [0.717, 1.165) is 47.5 Å². The van der Waals surface area contributed by atoms with Gasteiger partial charge in [0.25, 0.3) is 0 Å². The summed E-state index contributed by atoms with van der Waals surface area (Å²) >= 11 is 0. The van der Waals surface area contributed by atoms with Crippen molar-refractivity contribution in [1.29, 1.82) is 0 Å². The van der Waals surface area contributed by atoms with E-state index < -0.39 is 0 Å². The fraction of sp³-hybridized carbons (Fsp3) is 0.500. The van der Waals surface area contributed by atoms with Gasteiger partial charge < -0.3 is 24.8 Å². The largest absolute Gasteiger partial charge is 0.454 e. The van der Waals surface area contributed by atoms with Gasteiger partial charge in [0.2, 0.25) is 6.79 Å². The van der Waals surface area contributed by atoms with E-state index in [1.54, 1.807) is 7.11 Å². The van der Waals surface area contributed by atoms with Gasteiger partial charge in [0, 0.05) is 31.5 Å². The van der Waals surface area contributed by atoms with Crippen molar-refractivity contribution in [2.45, 2.75) is 40.4 Å². The maximum atomic E-state index is 5.44. The van der Waals surface area contributed by atoms with Crippen LogP contribution in [0.1, 0.15) is 29.4 Å². The van der Waals surface area contributed by atoms with Crippen molar-refractivity contribution in [3.8, 4) is 11.5 Å². The van der Waals surface area contributed by atoms with Crippen LogP contribution >= 0.6 is 0 Å². The molecule has 0 amide bonds. The molecule has 3 rings (SSSR count). The predicted molar refractivity (Wildman–Crippen MR) is 108 cm³/mol. The number of aliphatic imine (C=N–C) groups is 1. The summed E-state index contributed by atoms with van der Waals surface area (Å²) in [6.45, 7) is 9.86. The van der Waals surface area contributed by atoms with Crippen LogP contribution in [-0.2, 0) is 24.4 Å². The van der Waals surface area contributed by atoms with Crippen LogP contribution in [0.15, 0.2) is 23.2 Å². The number of methoxy groups -OCH3 is 1. The molecular weight excluding hydrogens is 358 g/mol. The number of benzene rings is 1. The molecule has 0 saturated heterocycles. The second-order valence-corrected chi connectivity index (χ2v) is 6.60. The molecular formula is C20H29N5O3.